The van der Waals surface area contributed by atoms with Gasteiger partial charge < -0.3 is 10.2 Å². The number of anilines is 1. The van der Waals surface area contributed by atoms with Gasteiger partial charge in [0.2, 0.25) is 11.8 Å². The summed E-state index contributed by atoms with van der Waals surface area (Å²) in [6.45, 7) is 4.30. The van der Waals surface area contributed by atoms with E-state index in [-0.39, 0.29) is 17.9 Å². The molecule has 0 bridgehead atoms. The van der Waals surface area contributed by atoms with Crippen molar-refractivity contribution in [2.45, 2.75) is 45.7 Å². The molecule has 1 N–H and O–H groups in total. The Hall–Kier alpha value is -2.62. The zero-order valence-electron chi connectivity index (χ0n) is 15.4. The van der Waals surface area contributed by atoms with E-state index in [0.29, 0.717) is 18.9 Å². The second-order valence-electron chi connectivity index (χ2n) is 7.14. The standard InChI is InChI=1S/C22H26N2O2/c1-16(20-10-11-20)24(15-19-6-4-3-5-7-19)22(26)14-18-8-12-21(13-9-18)23-17(2)25/h3-9,12-13,16,20H,10-11,14-15H2,1-2H3,(H,23,25). The van der Waals surface area contributed by atoms with Gasteiger partial charge in [-0.3, -0.25) is 9.59 Å². The molecule has 1 saturated carbocycles. The van der Waals surface area contributed by atoms with Gasteiger partial charge in [-0.15, -0.1) is 0 Å². The number of nitrogens with one attached hydrogen (secondary N) is 1. The van der Waals surface area contributed by atoms with Crippen LogP contribution in [0.2, 0.25) is 0 Å². The van der Waals surface area contributed by atoms with E-state index in [2.05, 4.69) is 24.4 Å². The smallest absolute Gasteiger partial charge is 0.227 e. The van der Waals surface area contributed by atoms with E-state index in [0.717, 1.165) is 16.8 Å². The molecule has 1 fully saturated rings. The first-order valence-corrected chi connectivity index (χ1v) is 9.23. The van der Waals surface area contributed by atoms with Crippen molar-refractivity contribution in [1.82, 2.24) is 4.90 Å². The largest absolute Gasteiger partial charge is 0.335 e. The molecular weight excluding hydrogens is 324 g/mol. The Bertz CT molecular complexity index is 751. The van der Waals surface area contributed by atoms with Crippen LogP contribution in [0.15, 0.2) is 54.6 Å². The lowest BCUT2D eigenvalue weighted by molar-refractivity contribution is -0.133. The van der Waals surface area contributed by atoms with E-state index in [1.807, 2.05) is 47.4 Å². The van der Waals surface area contributed by atoms with Gasteiger partial charge in [0, 0.05) is 25.2 Å². The minimum absolute atomic E-state index is 0.0962. The van der Waals surface area contributed by atoms with Crippen LogP contribution in [-0.4, -0.2) is 22.8 Å². The van der Waals surface area contributed by atoms with E-state index >= 15 is 0 Å². The van der Waals surface area contributed by atoms with E-state index in [4.69, 9.17) is 0 Å². The molecule has 1 aliphatic carbocycles. The lowest BCUT2D eigenvalue weighted by atomic mass is 10.1. The fourth-order valence-electron chi connectivity index (χ4n) is 3.26. The molecule has 0 aliphatic heterocycles. The van der Waals surface area contributed by atoms with Crippen LogP contribution in [0.5, 0.6) is 0 Å². The third-order valence-electron chi connectivity index (χ3n) is 4.94. The van der Waals surface area contributed by atoms with Gasteiger partial charge in [-0.05, 0) is 48.9 Å². The van der Waals surface area contributed by atoms with Gasteiger partial charge in [0.05, 0.1) is 6.42 Å². The number of amides is 2. The Kier molecular flexibility index (Phi) is 5.71. The number of benzene rings is 2. The summed E-state index contributed by atoms with van der Waals surface area (Å²) in [6, 6.07) is 17.9. The van der Waals surface area contributed by atoms with Crippen molar-refractivity contribution in [2.75, 3.05) is 5.32 Å². The molecule has 0 aromatic heterocycles. The predicted molar refractivity (Wildman–Crippen MR) is 104 cm³/mol. The highest BCUT2D eigenvalue weighted by Crippen LogP contribution is 2.36. The topological polar surface area (TPSA) is 49.4 Å². The third-order valence-corrected chi connectivity index (χ3v) is 4.94. The SMILES string of the molecule is CC(=O)Nc1ccc(CC(=O)N(Cc2ccccc2)C(C)C2CC2)cc1. The molecule has 1 atom stereocenters. The Morgan fingerprint density at radius 3 is 2.27 bits per heavy atom. The maximum atomic E-state index is 13.0. The minimum atomic E-state index is -0.0962. The predicted octanol–water partition coefficient (Wildman–Crippen LogP) is 4.01. The maximum Gasteiger partial charge on any atom is 0.227 e. The normalized spacial score (nSPS) is 14.5. The number of nitrogens with zero attached hydrogens (tertiary/aromatic N) is 1. The van der Waals surface area contributed by atoms with Crippen LogP contribution >= 0.6 is 0 Å². The Labute approximate surface area is 155 Å². The first kappa shape index (κ1) is 18.2. The van der Waals surface area contributed by atoms with Crippen molar-refractivity contribution in [3.63, 3.8) is 0 Å². The first-order valence-electron chi connectivity index (χ1n) is 9.23. The Balaban J connectivity index is 1.69. The molecule has 0 radical (unpaired) electrons. The van der Waals surface area contributed by atoms with Crippen LogP contribution in [0.25, 0.3) is 0 Å². The summed E-state index contributed by atoms with van der Waals surface area (Å²) in [4.78, 5) is 26.1. The van der Waals surface area contributed by atoms with Crippen molar-refractivity contribution < 1.29 is 9.59 Å². The molecule has 2 aromatic rings. The molecule has 2 amide bonds. The van der Waals surface area contributed by atoms with Gasteiger partial charge in [0.25, 0.3) is 0 Å². The molecule has 1 unspecified atom stereocenters. The van der Waals surface area contributed by atoms with E-state index < -0.39 is 0 Å². The summed E-state index contributed by atoms with van der Waals surface area (Å²) in [5.74, 6) is 0.687. The highest BCUT2D eigenvalue weighted by atomic mass is 16.2. The fraction of sp³-hybridized carbons (Fsp3) is 0.364. The van der Waals surface area contributed by atoms with Crippen molar-refractivity contribution in [3.8, 4) is 0 Å². The van der Waals surface area contributed by atoms with Crippen molar-refractivity contribution in [2.24, 2.45) is 5.92 Å². The summed E-state index contributed by atoms with van der Waals surface area (Å²) < 4.78 is 0. The molecule has 3 rings (SSSR count). The lowest BCUT2D eigenvalue weighted by Gasteiger charge is -2.30. The molecule has 0 saturated heterocycles. The number of carbonyl (C=O) groups is 2. The molecule has 2 aromatic carbocycles. The lowest BCUT2D eigenvalue weighted by Crippen LogP contribution is -2.40. The number of hydrogen-bond acceptors (Lipinski definition) is 2. The molecular formula is C22H26N2O2. The average molecular weight is 350 g/mol. The summed E-state index contributed by atoms with van der Waals surface area (Å²) in [5, 5.41) is 2.75. The average Bonchev–Trinajstić information content (AvgIpc) is 3.46. The van der Waals surface area contributed by atoms with Crippen molar-refractivity contribution >= 4 is 17.5 Å². The fourth-order valence-corrected chi connectivity index (χ4v) is 3.26. The van der Waals surface area contributed by atoms with E-state index in [9.17, 15) is 9.59 Å². The zero-order valence-corrected chi connectivity index (χ0v) is 15.4. The molecule has 4 nitrogen and oxygen atoms in total. The van der Waals surface area contributed by atoms with E-state index in [1.54, 1.807) is 0 Å². The summed E-state index contributed by atoms with van der Waals surface area (Å²) >= 11 is 0. The molecule has 26 heavy (non-hydrogen) atoms. The van der Waals surface area contributed by atoms with Crippen LogP contribution in [0.1, 0.15) is 37.8 Å². The number of carbonyl (C=O) groups excluding carboxylic acids is 2. The molecule has 1 aliphatic rings. The van der Waals surface area contributed by atoms with Crippen LogP contribution in [0.4, 0.5) is 5.69 Å². The molecule has 4 heteroatoms. The molecule has 136 valence electrons. The summed E-state index contributed by atoms with van der Waals surface area (Å²) in [5.41, 5.74) is 2.88. The van der Waals surface area contributed by atoms with Gasteiger partial charge in [0.15, 0.2) is 0 Å². The Morgan fingerprint density at radius 2 is 1.69 bits per heavy atom. The minimum Gasteiger partial charge on any atom is -0.335 e. The zero-order chi connectivity index (χ0) is 18.5. The van der Waals surface area contributed by atoms with Gasteiger partial charge in [-0.1, -0.05) is 42.5 Å². The molecule has 0 spiro atoms. The quantitative estimate of drug-likeness (QED) is 0.820. The van der Waals surface area contributed by atoms with Crippen LogP contribution in [0, 0.1) is 5.92 Å². The second-order valence-corrected chi connectivity index (χ2v) is 7.14. The highest BCUT2D eigenvalue weighted by Gasteiger charge is 2.34. The van der Waals surface area contributed by atoms with Gasteiger partial charge in [-0.25, -0.2) is 0 Å². The van der Waals surface area contributed by atoms with Crippen molar-refractivity contribution in [1.29, 1.82) is 0 Å². The second kappa shape index (κ2) is 8.17. The monoisotopic (exact) mass is 350 g/mol. The van der Waals surface area contributed by atoms with Crippen LogP contribution < -0.4 is 5.32 Å². The van der Waals surface area contributed by atoms with Crippen molar-refractivity contribution in [3.05, 3.63) is 65.7 Å². The number of hydrogen-bond donors (Lipinski definition) is 1. The van der Waals surface area contributed by atoms with Gasteiger partial charge in [0.1, 0.15) is 0 Å². The summed E-state index contributed by atoms with van der Waals surface area (Å²) in [7, 11) is 0. The van der Waals surface area contributed by atoms with Crippen LogP contribution in [0.3, 0.4) is 0 Å². The Morgan fingerprint density at radius 1 is 1.04 bits per heavy atom. The van der Waals surface area contributed by atoms with E-state index in [1.165, 1.54) is 19.8 Å². The van der Waals surface area contributed by atoms with Gasteiger partial charge in [-0.2, -0.15) is 0 Å². The maximum absolute atomic E-state index is 13.0. The third kappa shape index (κ3) is 4.94. The van der Waals surface area contributed by atoms with Gasteiger partial charge >= 0.3 is 0 Å². The highest BCUT2D eigenvalue weighted by molar-refractivity contribution is 5.88. The first-order chi connectivity index (χ1) is 12.5. The molecule has 0 heterocycles. The summed E-state index contributed by atoms with van der Waals surface area (Å²) in [6.07, 6.45) is 2.81. The number of rotatable bonds is 7. The van der Waals surface area contributed by atoms with Crippen LogP contribution in [-0.2, 0) is 22.6 Å².